The van der Waals surface area contributed by atoms with Crippen molar-refractivity contribution in [3.8, 4) is 11.1 Å². The summed E-state index contributed by atoms with van der Waals surface area (Å²) < 4.78 is 42.6. The van der Waals surface area contributed by atoms with Gasteiger partial charge in [-0.3, -0.25) is 9.59 Å². The number of hydrogen-bond donors (Lipinski definition) is 3. The molecule has 2 amide bonds. The van der Waals surface area contributed by atoms with Crippen LogP contribution in [0.1, 0.15) is 15.9 Å². The Bertz CT molecular complexity index is 1000. The number of amides is 2. The number of halogens is 3. The van der Waals surface area contributed by atoms with Crippen LogP contribution in [-0.2, 0) is 11.0 Å². The Morgan fingerprint density at radius 1 is 1.00 bits per heavy atom. The van der Waals surface area contributed by atoms with Gasteiger partial charge in [0, 0.05) is 11.6 Å². The smallest absolute Gasteiger partial charge is 0.394 e. The van der Waals surface area contributed by atoms with Gasteiger partial charge in [-0.2, -0.15) is 13.2 Å². The highest BCUT2D eigenvalue weighted by Crippen LogP contribution is 2.31. The molecule has 0 saturated carbocycles. The van der Waals surface area contributed by atoms with Crippen LogP contribution in [0.3, 0.4) is 0 Å². The molecule has 0 radical (unpaired) electrons. The van der Waals surface area contributed by atoms with Crippen molar-refractivity contribution in [1.29, 1.82) is 0 Å². The predicted molar refractivity (Wildman–Crippen MR) is 100 cm³/mol. The van der Waals surface area contributed by atoms with E-state index in [4.69, 9.17) is 0 Å². The van der Waals surface area contributed by atoms with Crippen LogP contribution < -0.4 is 10.6 Å². The number of benzene rings is 2. The van der Waals surface area contributed by atoms with Crippen LogP contribution in [0.25, 0.3) is 11.1 Å². The highest BCUT2D eigenvalue weighted by molar-refractivity contribution is 6.01. The normalized spacial score (nSPS) is 12.3. The second-order valence-electron chi connectivity index (χ2n) is 6.24. The third kappa shape index (κ3) is 5.03. The topological polar surface area (TPSA) is 104 Å². The zero-order valence-corrected chi connectivity index (χ0v) is 15.3. The lowest BCUT2D eigenvalue weighted by molar-refractivity contribution is -0.137. The maximum atomic E-state index is 12.7. The molecule has 7 nitrogen and oxygen atoms in total. The number of hydrogen-bond acceptors (Lipinski definition) is 5. The summed E-state index contributed by atoms with van der Waals surface area (Å²) in [7, 11) is 0. The Kier molecular flexibility index (Phi) is 6.17. The molecule has 30 heavy (non-hydrogen) atoms. The molecule has 2 aromatic carbocycles. The number of carbonyl (C=O) groups excluding carboxylic acids is 2. The van der Waals surface area contributed by atoms with Crippen LogP contribution in [0.2, 0.25) is 0 Å². The van der Waals surface area contributed by atoms with E-state index in [1.165, 1.54) is 36.6 Å². The fourth-order valence-electron chi connectivity index (χ4n) is 2.59. The van der Waals surface area contributed by atoms with Gasteiger partial charge in [0.25, 0.3) is 11.8 Å². The zero-order chi connectivity index (χ0) is 21.7. The minimum Gasteiger partial charge on any atom is -0.394 e. The van der Waals surface area contributed by atoms with Gasteiger partial charge in [-0.05, 0) is 35.4 Å². The number of aliphatic hydroxyl groups is 1. The van der Waals surface area contributed by atoms with Gasteiger partial charge < -0.3 is 20.3 Å². The number of anilines is 1. The maximum Gasteiger partial charge on any atom is 0.416 e. The molecular weight excluding hydrogens is 403 g/mol. The van der Waals surface area contributed by atoms with E-state index in [0.29, 0.717) is 11.1 Å². The third-order valence-corrected chi connectivity index (χ3v) is 4.19. The van der Waals surface area contributed by atoms with Crippen LogP contribution in [0.5, 0.6) is 0 Å². The molecule has 3 rings (SSSR count). The molecule has 0 spiro atoms. The van der Waals surface area contributed by atoms with E-state index in [2.05, 4.69) is 20.3 Å². The largest absolute Gasteiger partial charge is 0.416 e. The van der Waals surface area contributed by atoms with Crippen molar-refractivity contribution < 1.29 is 32.4 Å². The molecule has 0 bridgehead atoms. The lowest BCUT2D eigenvalue weighted by atomic mass is 10.0. The van der Waals surface area contributed by atoms with Gasteiger partial charge in [0.2, 0.25) is 0 Å². The van der Waals surface area contributed by atoms with Gasteiger partial charge in [0.15, 0.2) is 5.82 Å². The van der Waals surface area contributed by atoms with E-state index in [0.717, 1.165) is 12.1 Å². The van der Waals surface area contributed by atoms with Gasteiger partial charge in [0.1, 0.15) is 12.3 Å². The molecule has 156 valence electrons. The Labute approximate surface area is 168 Å². The fraction of sp³-hybridized carbons (Fsp3) is 0.150. The SMILES string of the molecule is O=C(N[C@@H](CO)C(=O)Nc1ccon1)c1ccc(-c2ccc(C(F)(F)F)cc2)cc1. The first-order chi connectivity index (χ1) is 14.3. The van der Waals surface area contributed by atoms with Crippen LogP contribution in [0.15, 0.2) is 65.4 Å². The third-order valence-electron chi connectivity index (χ3n) is 4.19. The number of nitrogens with one attached hydrogen (secondary N) is 2. The summed E-state index contributed by atoms with van der Waals surface area (Å²) in [6, 6.07) is 10.9. The van der Waals surface area contributed by atoms with Gasteiger partial charge in [-0.1, -0.05) is 29.4 Å². The number of aliphatic hydroxyl groups excluding tert-OH is 1. The molecule has 10 heteroatoms. The van der Waals surface area contributed by atoms with Crippen molar-refractivity contribution in [1.82, 2.24) is 10.5 Å². The summed E-state index contributed by atoms with van der Waals surface area (Å²) in [5.74, 6) is -1.15. The summed E-state index contributed by atoms with van der Waals surface area (Å²) in [5.41, 5.74) is 0.623. The van der Waals surface area contributed by atoms with Crippen LogP contribution >= 0.6 is 0 Å². The number of aromatic nitrogens is 1. The van der Waals surface area contributed by atoms with Crippen LogP contribution in [0.4, 0.5) is 19.0 Å². The van der Waals surface area contributed by atoms with E-state index in [9.17, 15) is 27.9 Å². The van der Waals surface area contributed by atoms with E-state index in [-0.39, 0.29) is 11.4 Å². The Morgan fingerprint density at radius 3 is 2.10 bits per heavy atom. The van der Waals surface area contributed by atoms with E-state index >= 15 is 0 Å². The van der Waals surface area contributed by atoms with Crippen molar-refractivity contribution in [3.05, 3.63) is 72.0 Å². The average Bonchev–Trinajstić information content (AvgIpc) is 3.24. The molecule has 0 fully saturated rings. The molecule has 1 atom stereocenters. The van der Waals surface area contributed by atoms with E-state index in [1.54, 1.807) is 12.1 Å². The number of nitrogens with zero attached hydrogens (tertiary/aromatic N) is 1. The zero-order valence-electron chi connectivity index (χ0n) is 15.3. The summed E-state index contributed by atoms with van der Waals surface area (Å²) in [4.78, 5) is 24.5. The Balaban J connectivity index is 1.66. The van der Waals surface area contributed by atoms with Gasteiger partial charge >= 0.3 is 6.18 Å². The first-order valence-electron chi connectivity index (χ1n) is 8.68. The molecule has 3 N–H and O–H groups in total. The summed E-state index contributed by atoms with van der Waals surface area (Å²) in [6.45, 7) is -0.640. The van der Waals surface area contributed by atoms with Crippen molar-refractivity contribution in [3.63, 3.8) is 0 Å². The Hall–Kier alpha value is -3.66. The van der Waals surface area contributed by atoms with Crippen molar-refractivity contribution in [2.24, 2.45) is 0 Å². The lowest BCUT2D eigenvalue weighted by Gasteiger charge is -2.15. The fourth-order valence-corrected chi connectivity index (χ4v) is 2.59. The summed E-state index contributed by atoms with van der Waals surface area (Å²) >= 11 is 0. The minimum absolute atomic E-state index is 0.133. The maximum absolute atomic E-state index is 12.7. The van der Waals surface area contributed by atoms with Crippen LogP contribution in [0, 0.1) is 0 Å². The summed E-state index contributed by atoms with van der Waals surface area (Å²) in [6.07, 6.45) is -3.16. The first kappa shape index (κ1) is 21.1. The van der Waals surface area contributed by atoms with Crippen LogP contribution in [-0.4, -0.2) is 34.7 Å². The highest BCUT2D eigenvalue weighted by atomic mass is 19.4. The monoisotopic (exact) mass is 419 g/mol. The van der Waals surface area contributed by atoms with Crippen molar-refractivity contribution >= 4 is 17.6 Å². The molecule has 0 saturated heterocycles. The highest BCUT2D eigenvalue weighted by Gasteiger charge is 2.30. The quantitative estimate of drug-likeness (QED) is 0.570. The van der Waals surface area contributed by atoms with Gasteiger partial charge in [-0.25, -0.2) is 0 Å². The van der Waals surface area contributed by atoms with Crippen molar-refractivity contribution in [2.45, 2.75) is 12.2 Å². The van der Waals surface area contributed by atoms with Gasteiger partial charge in [0.05, 0.1) is 12.2 Å². The second kappa shape index (κ2) is 8.78. The van der Waals surface area contributed by atoms with E-state index < -0.39 is 36.2 Å². The Morgan fingerprint density at radius 2 is 1.60 bits per heavy atom. The molecule has 0 aliphatic carbocycles. The molecule has 3 aromatic rings. The van der Waals surface area contributed by atoms with E-state index in [1.807, 2.05) is 0 Å². The molecular formula is C20H16F3N3O4. The standard InChI is InChI=1S/C20H16F3N3O4/c21-20(22,23)15-7-5-13(6-8-15)12-1-3-14(4-2-12)18(28)24-16(11-27)19(29)25-17-9-10-30-26-17/h1-10,16,27H,11H2,(H,24,28)(H,25,26,29)/t16-/m0/s1. The molecule has 0 unspecified atom stereocenters. The molecule has 1 aromatic heterocycles. The first-order valence-corrected chi connectivity index (χ1v) is 8.68. The predicted octanol–water partition coefficient (Wildman–Crippen LogP) is 3.09. The number of carbonyl (C=O) groups is 2. The molecule has 0 aliphatic rings. The lowest BCUT2D eigenvalue weighted by Crippen LogP contribution is -2.46. The summed E-state index contributed by atoms with van der Waals surface area (Å²) in [5, 5.41) is 17.7. The van der Waals surface area contributed by atoms with Crippen molar-refractivity contribution in [2.75, 3.05) is 11.9 Å². The second-order valence-corrected chi connectivity index (χ2v) is 6.24. The number of alkyl halides is 3. The average molecular weight is 419 g/mol. The number of rotatable bonds is 6. The molecule has 1 heterocycles. The van der Waals surface area contributed by atoms with Gasteiger partial charge in [-0.15, -0.1) is 0 Å². The minimum atomic E-state index is -4.41. The molecule has 0 aliphatic heterocycles.